The second-order valence-corrected chi connectivity index (χ2v) is 7.42. The Bertz CT molecular complexity index is 905. The molecule has 128 valence electrons. The number of piperidine rings is 1. The Morgan fingerprint density at radius 2 is 2.08 bits per heavy atom. The third-order valence-corrected chi connectivity index (χ3v) is 5.81. The van der Waals surface area contributed by atoms with Crippen LogP contribution in [0.25, 0.3) is 10.8 Å². The molecule has 4 nitrogen and oxygen atoms in total. The van der Waals surface area contributed by atoms with E-state index in [1.54, 1.807) is 7.11 Å². The van der Waals surface area contributed by atoms with Crippen LogP contribution in [0.15, 0.2) is 48.7 Å². The van der Waals surface area contributed by atoms with Crippen molar-refractivity contribution in [3.63, 3.8) is 0 Å². The molecule has 0 saturated carbocycles. The first-order valence-corrected chi connectivity index (χ1v) is 9.34. The van der Waals surface area contributed by atoms with Crippen LogP contribution in [0.3, 0.4) is 0 Å². The first-order valence-electron chi connectivity index (χ1n) is 8.52. The van der Waals surface area contributed by atoms with Crippen LogP contribution in [-0.2, 0) is 0 Å². The average molecular weight is 352 g/mol. The van der Waals surface area contributed by atoms with Crippen LogP contribution in [0, 0.1) is 0 Å². The van der Waals surface area contributed by atoms with Gasteiger partial charge in [0.25, 0.3) is 5.91 Å². The maximum Gasteiger partial charge on any atom is 0.264 e. The number of methoxy groups -OCH3 is 1. The summed E-state index contributed by atoms with van der Waals surface area (Å²) in [4.78, 5) is 20.1. The van der Waals surface area contributed by atoms with E-state index in [9.17, 15) is 4.79 Å². The van der Waals surface area contributed by atoms with Crippen LogP contribution in [0.5, 0.6) is 5.06 Å². The normalized spacial score (nSPS) is 17.6. The lowest BCUT2D eigenvalue weighted by Crippen LogP contribution is -2.39. The minimum Gasteiger partial charge on any atom is -0.487 e. The summed E-state index contributed by atoms with van der Waals surface area (Å²) in [6, 6.07) is 14.1. The highest BCUT2D eigenvalue weighted by Crippen LogP contribution is 2.30. The second-order valence-electron chi connectivity index (χ2n) is 6.37. The van der Waals surface area contributed by atoms with Gasteiger partial charge in [-0.1, -0.05) is 35.6 Å². The van der Waals surface area contributed by atoms with Crippen LogP contribution in [0.1, 0.15) is 34.1 Å². The summed E-state index contributed by atoms with van der Waals surface area (Å²) >= 11 is 1.40. The van der Waals surface area contributed by atoms with Crippen molar-refractivity contribution in [3.05, 3.63) is 59.2 Å². The van der Waals surface area contributed by atoms with Crippen LogP contribution < -0.4 is 4.74 Å². The number of thiophene rings is 1. The fourth-order valence-corrected chi connectivity index (χ4v) is 4.22. The van der Waals surface area contributed by atoms with Gasteiger partial charge in [-0.2, -0.15) is 0 Å². The van der Waals surface area contributed by atoms with Gasteiger partial charge in [-0.05, 0) is 36.4 Å². The van der Waals surface area contributed by atoms with Gasteiger partial charge >= 0.3 is 0 Å². The molecule has 1 saturated heterocycles. The average Bonchev–Trinajstić information content (AvgIpc) is 3.16. The van der Waals surface area contributed by atoms with Gasteiger partial charge in [-0.3, -0.25) is 9.78 Å². The lowest BCUT2D eigenvalue weighted by molar-refractivity contribution is 0.0711. The molecule has 3 heterocycles. The molecule has 5 heteroatoms. The molecule has 1 atom stereocenters. The molecule has 0 bridgehead atoms. The molecule has 1 fully saturated rings. The number of aromatic nitrogens is 1. The zero-order valence-electron chi connectivity index (χ0n) is 14.1. The van der Waals surface area contributed by atoms with Crippen LogP contribution in [-0.4, -0.2) is 36.0 Å². The maximum atomic E-state index is 12.8. The van der Waals surface area contributed by atoms with E-state index < -0.39 is 0 Å². The minimum absolute atomic E-state index is 0.0961. The maximum absolute atomic E-state index is 12.8. The number of benzene rings is 1. The van der Waals surface area contributed by atoms with E-state index in [-0.39, 0.29) is 5.91 Å². The number of rotatable bonds is 3. The summed E-state index contributed by atoms with van der Waals surface area (Å²) in [6.45, 7) is 1.54. The first kappa shape index (κ1) is 16.1. The van der Waals surface area contributed by atoms with Gasteiger partial charge < -0.3 is 9.64 Å². The fourth-order valence-electron chi connectivity index (χ4n) is 3.43. The van der Waals surface area contributed by atoms with Crippen molar-refractivity contribution in [1.29, 1.82) is 0 Å². The highest BCUT2D eigenvalue weighted by atomic mass is 32.1. The molecule has 4 rings (SSSR count). The van der Waals surface area contributed by atoms with E-state index in [1.165, 1.54) is 16.7 Å². The van der Waals surface area contributed by atoms with Crippen molar-refractivity contribution in [2.24, 2.45) is 0 Å². The highest BCUT2D eigenvalue weighted by molar-refractivity contribution is 7.15. The van der Waals surface area contributed by atoms with Gasteiger partial charge in [0.05, 0.1) is 12.0 Å². The van der Waals surface area contributed by atoms with Crippen molar-refractivity contribution in [2.45, 2.75) is 18.8 Å². The van der Waals surface area contributed by atoms with E-state index in [1.807, 2.05) is 35.4 Å². The Labute approximate surface area is 151 Å². The van der Waals surface area contributed by atoms with E-state index in [0.29, 0.717) is 5.92 Å². The van der Waals surface area contributed by atoms with Crippen molar-refractivity contribution in [1.82, 2.24) is 9.88 Å². The molecule has 1 aliphatic heterocycles. The quantitative estimate of drug-likeness (QED) is 0.705. The Balaban J connectivity index is 1.54. The van der Waals surface area contributed by atoms with Gasteiger partial charge in [0.2, 0.25) is 0 Å². The standard InChI is InChI=1S/C20H20N2O2S/c1-24-19-9-8-18(25-19)20(23)22-10-4-7-16(13-22)17-11-14-5-2-3-6-15(14)12-21-17/h2-3,5-6,8-9,11-12,16H,4,7,10,13H2,1H3. The molecule has 1 unspecified atom stereocenters. The molecule has 0 N–H and O–H groups in total. The molecule has 1 amide bonds. The molecule has 2 aromatic heterocycles. The van der Waals surface area contributed by atoms with Crippen LogP contribution in [0.2, 0.25) is 0 Å². The van der Waals surface area contributed by atoms with Gasteiger partial charge in [-0.25, -0.2) is 0 Å². The van der Waals surface area contributed by atoms with Crippen molar-refractivity contribution >= 4 is 28.0 Å². The van der Waals surface area contributed by atoms with E-state index in [2.05, 4.69) is 23.2 Å². The molecule has 0 radical (unpaired) electrons. The summed E-state index contributed by atoms with van der Waals surface area (Å²) in [6.07, 6.45) is 4.02. The fraction of sp³-hybridized carbons (Fsp3) is 0.300. The van der Waals surface area contributed by atoms with E-state index in [0.717, 1.165) is 47.0 Å². The van der Waals surface area contributed by atoms with Gasteiger partial charge in [0, 0.05) is 36.3 Å². The summed E-state index contributed by atoms with van der Waals surface area (Å²) in [5.74, 6) is 0.392. The van der Waals surface area contributed by atoms with Crippen LogP contribution >= 0.6 is 11.3 Å². The number of hydrogen-bond donors (Lipinski definition) is 0. The predicted molar refractivity (Wildman–Crippen MR) is 100 cm³/mol. The molecule has 1 aromatic carbocycles. The number of hydrogen-bond acceptors (Lipinski definition) is 4. The molecular weight excluding hydrogens is 332 g/mol. The Hall–Kier alpha value is -2.40. The second kappa shape index (κ2) is 6.84. The first-order chi connectivity index (χ1) is 12.2. The number of pyridine rings is 1. The third-order valence-electron chi connectivity index (χ3n) is 4.77. The van der Waals surface area contributed by atoms with E-state index in [4.69, 9.17) is 4.74 Å². The summed E-state index contributed by atoms with van der Waals surface area (Å²) in [7, 11) is 1.63. The topological polar surface area (TPSA) is 42.4 Å². The molecular formula is C20H20N2O2S. The van der Waals surface area contributed by atoms with Gasteiger partial charge in [-0.15, -0.1) is 0 Å². The van der Waals surface area contributed by atoms with Crippen LogP contribution in [0.4, 0.5) is 0 Å². The Kier molecular flexibility index (Phi) is 4.40. The summed E-state index contributed by atoms with van der Waals surface area (Å²) in [5.41, 5.74) is 1.08. The number of amides is 1. The zero-order valence-corrected chi connectivity index (χ0v) is 15.0. The molecule has 25 heavy (non-hydrogen) atoms. The van der Waals surface area contributed by atoms with Gasteiger partial charge in [0.15, 0.2) is 5.06 Å². The smallest absolute Gasteiger partial charge is 0.264 e. The lowest BCUT2D eigenvalue weighted by Gasteiger charge is -2.32. The summed E-state index contributed by atoms with van der Waals surface area (Å²) < 4.78 is 5.20. The largest absolute Gasteiger partial charge is 0.487 e. The molecule has 0 spiro atoms. The van der Waals surface area contributed by atoms with Crippen molar-refractivity contribution in [2.75, 3.05) is 20.2 Å². The third kappa shape index (κ3) is 3.24. The van der Waals surface area contributed by atoms with Gasteiger partial charge in [0.1, 0.15) is 0 Å². The minimum atomic E-state index is 0.0961. The molecule has 0 aliphatic carbocycles. The van der Waals surface area contributed by atoms with Crippen molar-refractivity contribution < 1.29 is 9.53 Å². The number of likely N-dealkylation sites (tertiary alicyclic amines) is 1. The number of fused-ring (bicyclic) bond motifs is 1. The number of carbonyl (C=O) groups excluding carboxylic acids is 1. The Morgan fingerprint density at radius 1 is 1.24 bits per heavy atom. The predicted octanol–water partition coefficient (Wildman–Crippen LogP) is 4.32. The lowest BCUT2D eigenvalue weighted by atomic mass is 9.93. The number of nitrogens with zero attached hydrogens (tertiary/aromatic N) is 2. The molecule has 3 aromatic rings. The monoisotopic (exact) mass is 352 g/mol. The summed E-state index contributed by atoms with van der Waals surface area (Å²) in [5, 5.41) is 3.13. The highest BCUT2D eigenvalue weighted by Gasteiger charge is 2.27. The SMILES string of the molecule is COc1ccc(C(=O)N2CCCC(c3cc4ccccc4cn3)C2)s1. The Morgan fingerprint density at radius 3 is 2.88 bits per heavy atom. The molecule has 1 aliphatic rings. The van der Waals surface area contributed by atoms with Crippen molar-refractivity contribution in [3.8, 4) is 5.06 Å². The zero-order chi connectivity index (χ0) is 17.2. The number of ether oxygens (including phenoxy) is 1. The number of carbonyl (C=O) groups is 1. The van der Waals surface area contributed by atoms with E-state index >= 15 is 0 Å².